The molecule has 0 saturated carbocycles. The molecular formula is C7H15NO2S. The molecule has 1 fully saturated rings. The van der Waals surface area contributed by atoms with E-state index in [1.807, 2.05) is 13.8 Å². The number of hydrogen-bond acceptors (Lipinski definition) is 3. The second-order valence-corrected chi connectivity index (χ2v) is 5.85. The molecule has 3 nitrogen and oxygen atoms in total. The van der Waals surface area contributed by atoms with Crippen LogP contribution in [0.2, 0.25) is 0 Å². The van der Waals surface area contributed by atoms with Crippen LogP contribution < -0.4 is 5.73 Å². The molecule has 1 saturated heterocycles. The minimum atomic E-state index is -2.79. The van der Waals surface area contributed by atoms with Crippen molar-refractivity contribution in [1.82, 2.24) is 0 Å². The average Bonchev–Trinajstić information content (AvgIpc) is 1.85. The van der Waals surface area contributed by atoms with Gasteiger partial charge in [-0.3, -0.25) is 0 Å². The average molecular weight is 177 g/mol. The first-order valence-electron chi connectivity index (χ1n) is 3.92. The van der Waals surface area contributed by atoms with Crippen LogP contribution in [-0.4, -0.2) is 25.5 Å². The van der Waals surface area contributed by atoms with Crippen molar-refractivity contribution in [3.05, 3.63) is 0 Å². The van der Waals surface area contributed by atoms with Crippen molar-refractivity contribution in [2.45, 2.75) is 31.6 Å². The Bertz CT molecular complexity index is 233. The van der Waals surface area contributed by atoms with Gasteiger partial charge in [-0.1, -0.05) is 13.8 Å². The fourth-order valence-electron chi connectivity index (χ4n) is 1.31. The molecule has 2 atom stereocenters. The fraction of sp³-hybridized carbons (Fsp3) is 1.00. The van der Waals surface area contributed by atoms with Crippen molar-refractivity contribution in [2.75, 3.05) is 5.75 Å². The molecule has 1 aliphatic heterocycles. The first-order valence-corrected chi connectivity index (χ1v) is 5.64. The molecule has 11 heavy (non-hydrogen) atoms. The Balaban J connectivity index is 2.64. The van der Waals surface area contributed by atoms with Crippen molar-refractivity contribution >= 4 is 9.84 Å². The smallest absolute Gasteiger partial charge is 0.154 e. The summed E-state index contributed by atoms with van der Waals surface area (Å²) in [7, 11) is -2.79. The zero-order valence-corrected chi connectivity index (χ0v) is 7.76. The number of rotatable bonds is 2. The third kappa shape index (κ3) is 1.56. The van der Waals surface area contributed by atoms with Crippen molar-refractivity contribution in [2.24, 2.45) is 11.7 Å². The highest BCUT2D eigenvalue weighted by molar-refractivity contribution is 7.93. The summed E-state index contributed by atoms with van der Waals surface area (Å²) < 4.78 is 22.2. The Morgan fingerprint density at radius 2 is 2.00 bits per heavy atom. The van der Waals surface area contributed by atoms with Crippen LogP contribution in [0.25, 0.3) is 0 Å². The number of nitrogens with two attached hydrogens (primary N) is 1. The Morgan fingerprint density at radius 3 is 2.09 bits per heavy atom. The molecule has 1 heterocycles. The Morgan fingerprint density at radius 1 is 1.45 bits per heavy atom. The van der Waals surface area contributed by atoms with E-state index in [1.54, 1.807) is 0 Å². The van der Waals surface area contributed by atoms with Crippen LogP contribution in [0.5, 0.6) is 0 Å². The summed E-state index contributed by atoms with van der Waals surface area (Å²) in [5.41, 5.74) is 5.72. The van der Waals surface area contributed by atoms with Crippen LogP contribution in [0.4, 0.5) is 0 Å². The quantitative estimate of drug-likeness (QED) is 0.653. The highest BCUT2D eigenvalue weighted by Gasteiger charge is 2.40. The van der Waals surface area contributed by atoms with Gasteiger partial charge in [0.15, 0.2) is 9.84 Å². The molecule has 1 aliphatic rings. The molecule has 0 amide bonds. The fourth-order valence-corrected chi connectivity index (χ4v) is 2.99. The maximum atomic E-state index is 11.1. The molecule has 66 valence electrons. The zero-order chi connectivity index (χ0) is 8.65. The normalized spacial score (nSPS) is 31.5. The van der Waals surface area contributed by atoms with Crippen molar-refractivity contribution in [1.29, 1.82) is 0 Å². The predicted molar refractivity (Wildman–Crippen MR) is 45.0 cm³/mol. The van der Waals surface area contributed by atoms with Gasteiger partial charge in [0.1, 0.15) is 0 Å². The van der Waals surface area contributed by atoms with Crippen LogP contribution in [0.3, 0.4) is 0 Å². The van der Waals surface area contributed by atoms with E-state index in [0.29, 0.717) is 5.75 Å². The van der Waals surface area contributed by atoms with Gasteiger partial charge >= 0.3 is 0 Å². The lowest BCUT2D eigenvalue weighted by molar-refractivity contribution is 0.428. The molecule has 0 aromatic rings. The maximum absolute atomic E-state index is 11.1. The Hall–Kier alpha value is -0.0900. The van der Waals surface area contributed by atoms with Gasteiger partial charge in [0.25, 0.3) is 0 Å². The molecule has 2 N–H and O–H groups in total. The summed E-state index contributed by atoms with van der Waals surface area (Å²) in [6.07, 6.45) is 0.752. The maximum Gasteiger partial charge on any atom is 0.154 e. The predicted octanol–water partition coefficient (Wildman–Crippen LogP) is 0.157. The summed E-state index contributed by atoms with van der Waals surface area (Å²) in [5, 5.41) is -0.262. The summed E-state index contributed by atoms with van der Waals surface area (Å²) >= 11 is 0. The SMILES string of the molecule is CC(C)C(N)C1CCS1(=O)=O. The van der Waals surface area contributed by atoms with Crippen LogP contribution in [-0.2, 0) is 9.84 Å². The molecular weight excluding hydrogens is 162 g/mol. The first kappa shape index (κ1) is 9.00. The molecule has 0 aliphatic carbocycles. The third-order valence-corrected chi connectivity index (χ3v) is 4.62. The van der Waals surface area contributed by atoms with E-state index < -0.39 is 9.84 Å². The van der Waals surface area contributed by atoms with E-state index in [1.165, 1.54) is 0 Å². The lowest BCUT2D eigenvalue weighted by Crippen LogP contribution is -2.51. The number of hydrogen-bond donors (Lipinski definition) is 1. The Kier molecular flexibility index (Phi) is 2.25. The van der Waals surface area contributed by atoms with Gasteiger partial charge in [0.2, 0.25) is 0 Å². The molecule has 0 radical (unpaired) electrons. The second-order valence-electron chi connectivity index (χ2n) is 3.52. The van der Waals surface area contributed by atoms with Crippen LogP contribution in [0.15, 0.2) is 0 Å². The molecule has 0 aromatic carbocycles. The minimum absolute atomic E-state index is 0.172. The third-order valence-electron chi connectivity index (χ3n) is 2.35. The molecule has 2 unspecified atom stereocenters. The van der Waals surface area contributed by atoms with Crippen LogP contribution >= 0.6 is 0 Å². The first-order chi connectivity index (χ1) is 4.95. The lowest BCUT2D eigenvalue weighted by Gasteiger charge is -2.33. The van der Waals surface area contributed by atoms with Gasteiger partial charge < -0.3 is 5.73 Å². The van der Waals surface area contributed by atoms with E-state index in [0.717, 1.165) is 6.42 Å². The molecule has 4 heteroatoms. The topological polar surface area (TPSA) is 60.2 Å². The second kappa shape index (κ2) is 2.75. The highest BCUT2D eigenvalue weighted by atomic mass is 32.2. The number of sulfone groups is 1. The zero-order valence-electron chi connectivity index (χ0n) is 6.95. The van der Waals surface area contributed by atoms with Gasteiger partial charge in [0, 0.05) is 6.04 Å². The van der Waals surface area contributed by atoms with Gasteiger partial charge in [-0.15, -0.1) is 0 Å². The lowest BCUT2D eigenvalue weighted by atomic mass is 10.00. The molecule has 0 spiro atoms. The monoisotopic (exact) mass is 177 g/mol. The van der Waals surface area contributed by atoms with Crippen molar-refractivity contribution in [3.63, 3.8) is 0 Å². The minimum Gasteiger partial charge on any atom is -0.326 e. The van der Waals surface area contributed by atoms with Crippen LogP contribution in [0, 0.1) is 5.92 Å². The van der Waals surface area contributed by atoms with E-state index in [9.17, 15) is 8.42 Å². The highest BCUT2D eigenvalue weighted by Crippen LogP contribution is 2.25. The van der Waals surface area contributed by atoms with Crippen LogP contribution in [0.1, 0.15) is 20.3 Å². The summed E-state index contributed by atoms with van der Waals surface area (Å²) in [5.74, 6) is 0.591. The van der Waals surface area contributed by atoms with Gasteiger partial charge in [0.05, 0.1) is 11.0 Å². The standard InChI is InChI=1S/C7H15NO2S/c1-5(2)7(8)6-3-4-11(6,9)10/h5-7H,3-4,8H2,1-2H3. The Labute approximate surface area is 67.9 Å². The van der Waals surface area contributed by atoms with Crippen molar-refractivity contribution < 1.29 is 8.42 Å². The van der Waals surface area contributed by atoms with Gasteiger partial charge in [-0.05, 0) is 12.3 Å². The summed E-state index contributed by atoms with van der Waals surface area (Å²) in [4.78, 5) is 0. The van der Waals surface area contributed by atoms with E-state index in [4.69, 9.17) is 5.73 Å². The molecule has 0 bridgehead atoms. The molecule has 0 aromatic heterocycles. The van der Waals surface area contributed by atoms with Gasteiger partial charge in [-0.25, -0.2) is 8.42 Å². The largest absolute Gasteiger partial charge is 0.326 e. The van der Waals surface area contributed by atoms with E-state index in [-0.39, 0.29) is 17.2 Å². The summed E-state index contributed by atoms with van der Waals surface area (Å²) in [6.45, 7) is 3.91. The van der Waals surface area contributed by atoms with E-state index >= 15 is 0 Å². The van der Waals surface area contributed by atoms with Crippen molar-refractivity contribution in [3.8, 4) is 0 Å². The molecule has 1 rings (SSSR count). The van der Waals surface area contributed by atoms with Gasteiger partial charge in [-0.2, -0.15) is 0 Å². The summed E-state index contributed by atoms with van der Waals surface area (Å²) in [6, 6.07) is -0.172. The van der Waals surface area contributed by atoms with E-state index in [2.05, 4.69) is 0 Å².